The summed E-state index contributed by atoms with van der Waals surface area (Å²) in [5.74, 6) is -9.55. The fourth-order valence-corrected chi connectivity index (χ4v) is 4.83. The Morgan fingerprint density at radius 1 is 1.00 bits per heavy atom. The van der Waals surface area contributed by atoms with Crippen LogP contribution in [0.4, 0.5) is 8.78 Å². The summed E-state index contributed by atoms with van der Waals surface area (Å²) >= 11 is 6.24. The van der Waals surface area contributed by atoms with E-state index in [2.05, 4.69) is 45.2 Å². The van der Waals surface area contributed by atoms with Crippen molar-refractivity contribution in [3.63, 3.8) is 0 Å². The summed E-state index contributed by atoms with van der Waals surface area (Å²) in [6.07, 6.45) is -2.20. The molecule has 0 aliphatic carbocycles. The maximum atomic E-state index is 13.8. The summed E-state index contributed by atoms with van der Waals surface area (Å²) in [6.45, 7) is 2.59. The van der Waals surface area contributed by atoms with E-state index in [-0.39, 0.29) is 11.3 Å². The summed E-state index contributed by atoms with van der Waals surface area (Å²) in [5.41, 5.74) is 0.266. The van der Waals surface area contributed by atoms with Gasteiger partial charge < -0.3 is 19.4 Å². The number of hydrogen-bond donors (Lipinski definition) is 0. The first-order valence-corrected chi connectivity index (χ1v) is 11.8. The number of hydrogen-bond acceptors (Lipinski definition) is 6. The third-order valence-corrected chi connectivity index (χ3v) is 7.65. The number of ether oxygens (including phenoxy) is 2. The Morgan fingerprint density at radius 2 is 1.58 bits per heavy atom. The highest BCUT2D eigenvalue weighted by atomic mass is 127. The Kier molecular flexibility index (Phi) is 9.01. The number of benzene rings is 2. The average molecular weight is 769 g/mol. The molecule has 0 radical (unpaired) electrons. The van der Waals surface area contributed by atoms with Crippen LogP contribution in [0.3, 0.4) is 0 Å². The minimum atomic E-state index is -4.35. The van der Waals surface area contributed by atoms with Crippen molar-refractivity contribution in [2.75, 3.05) is 0 Å². The number of rotatable bonds is 7. The van der Waals surface area contributed by atoms with Crippen LogP contribution in [0, 0.1) is 16.6 Å². The van der Waals surface area contributed by atoms with Gasteiger partial charge in [0.1, 0.15) is 11.7 Å². The Balaban J connectivity index is 2.15. The third kappa shape index (κ3) is 6.46. The van der Waals surface area contributed by atoms with Gasteiger partial charge in [-0.15, -0.1) is 0 Å². The fraction of sp³-hybridized carbons (Fsp3) is 0.250. The molecular weight excluding hydrogens is 755 g/mol. The number of carboxylic acids is 1. The van der Waals surface area contributed by atoms with Crippen LogP contribution in [0.15, 0.2) is 36.4 Å². The van der Waals surface area contributed by atoms with E-state index in [1.54, 1.807) is 6.07 Å². The number of aliphatic carboxylic acids is 1. The second-order valence-electron chi connectivity index (χ2n) is 6.64. The Labute approximate surface area is 217 Å². The first kappa shape index (κ1) is 26.2. The van der Waals surface area contributed by atoms with Gasteiger partial charge in [-0.3, -0.25) is 0 Å². The van der Waals surface area contributed by atoms with E-state index >= 15 is 0 Å². The van der Waals surface area contributed by atoms with Crippen molar-refractivity contribution in [1.82, 2.24) is 0 Å². The van der Waals surface area contributed by atoms with Crippen molar-refractivity contribution in [3.05, 3.63) is 58.2 Å². The molecule has 0 amide bonds. The van der Waals surface area contributed by atoms with Crippen LogP contribution in [-0.4, -0.2) is 29.9 Å². The van der Waals surface area contributed by atoms with Gasteiger partial charge in [0.2, 0.25) is 0 Å². The highest BCUT2D eigenvalue weighted by Crippen LogP contribution is 2.28. The number of carbonyl (C=O) groups excluding carboxylic acids is 3. The molecule has 2 aromatic carbocycles. The summed E-state index contributed by atoms with van der Waals surface area (Å²) in [6, 6.07) is 8.66. The van der Waals surface area contributed by atoms with Gasteiger partial charge in [-0.05, 0) is 110 Å². The molecule has 0 saturated carbocycles. The minimum absolute atomic E-state index is 0.113. The quantitative estimate of drug-likeness (QED) is 0.181. The molecule has 166 valence electrons. The third-order valence-electron chi connectivity index (χ3n) is 3.98. The number of alkyl halides is 2. The van der Waals surface area contributed by atoms with Crippen molar-refractivity contribution < 1.29 is 37.7 Å². The molecule has 2 aromatic rings. The summed E-state index contributed by atoms with van der Waals surface area (Å²) in [7, 11) is 0. The molecule has 0 heterocycles. The lowest BCUT2D eigenvalue weighted by atomic mass is 10.0. The van der Waals surface area contributed by atoms with Gasteiger partial charge in [0.15, 0.2) is 6.10 Å². The van der Waals surface area contributed by atoms with Crippen LogP contribution in [0.25, 0.3) is 0 Å². The Morgan fingerprint density at radius 3 is 2.10 bits per heavy atom. The Hall–Kier alpha value is -1.10. The highest BCUT2D eigenvalue weighted by Gasteiger charge is 2.46. The lowest BCUT2D eigenvalue weighted by molar-refractivity contribution is -0.337. The SMILES string of the molecule is CC(C)C(OC(=O)c1ccc(OC(=O)c2cc(I)cc(I)c2I)cc1)C(F)(F)C(=O)[O-]. The molecule has 11 heteroatoms. The molecule has 2 rings (SSSR count). The Bertz CT molecular complexity index is 1010. The number of halogens is 5. The monoisotopic (exact) mass is 769 g/mol. The molecule has 0 aliphatic heterocycles. The highest BCUT2D eigenvalue weighted by molar-refractivity contribution is 14.1. The zero-order chi connectivity index (χ0) is 23.5. The van der Waals surface area contributed by atoms with Crippen molar-refractivity contribution >= 4 is 85.7 Å². The smallest absolute Gasteiger partial charge is 0.344 e. The molecule has 1 atom stereocenters. The van der Waals surface area contributed by atoms with Crippen molar-refractivity contribution in [3.8, 4) is 5.75 Å². The van der Waals surface area contributed by atoms with E-state index < -0.39 is 35.9 Å². The second-order valence-corrected chi connectivity index (χ2v) is 10.1. The molecule has 0 spiro atoms. The predicted molar refractivity (Wildman–Crippen MR) is 130 cm³/mol. The van der Waals surface area contributed by atoms with Crippen LogP contribution < -0.4 is 9.84 Å². The predicted octanol–water partition coefficient (Wildman–Crippen LogP) is 4.29. The lowest BCUT2D eigenvalue weighted by Crippen LogP contribution is -2.53. The zero-order valence-electron chi connectivity index (χ0n) is 16.0. The zero-order valence-corrected chi connectivity index (χ0v) is 22.4. The van der Waals surface area contributed by atoms with Crippen molar-refractivity contribution in [1.29, 1.82) is 0 Å². The van der Waals surface area contributed by atoms with Gasteiger partial charge in [-0.2, -0.15) is 8.78 Å². The van der Waals surface area contributed by atoms with Crippen LogP contribution in [0.5, 0.6) is 5.75 Å². The van der Waals surface area contributed by atoms with Gasteiger partial charge in [-0.1, -0.05) is 13.8 Å². The second kappa shape index (κ2) is 10.7. The van der Waals surface area contributed by atoms with E-state index in [0.717, 1.165) is 10.7 Å². The molecule has 1 unspecified atom stereocenters. The average Bonchev–Trinajstić information content (AvgIpc) is 2.68. The molecule has 0 bridgehead atoms. The van der Waals surface area contributed by atoms with Gasteiger partial charge in [0.25, 0.3) is 0 Å². The van der Waals surface area contributed by atoms with E-state index in [9.17, 15) is 28.3 Å². The first-order chi connectivity index (χ1) is 14.3. The van der Waals surface area contributed by atoms with E-state index in [1.807, 2.05) is 28.7 Å². The maximum Gasteiger partial charge on any atom is 0.344 e. The molecule has 0 aromatic heterocycles. The molecule has 0 fully saturated rings. The number of esters is 2. The number of carboxylic acid groups (broad SMARTS) is 1. The van der Waals surface area contributed by atoms with E-state index in [4.69, 9.17) is 9.47 Å². The lowest BCUT2D eigenvalue weighted by Gasteiger charge is -2.30. The first-order valence-electron chi connectivity index (χ1n) is 8.61. The standard InChI is InChI=1S/C20H15F2I3O6/c1-9(2)16(20(21,22)19(28)29)31-17(26)10-3-5-12(6-4-10)30-18(27)13-7-11(23)8-14(24)15(13)25/h3-9,16H,1-2H3,(H,28,29)/p-1. The van der Waals surface area contributed by atoms with Crippen LogP contribution in [0.2, 0.25) is 0 Å². The van der Waals surface area contributed by atoms with Gasteiger partial charge >= 0.3 is 17.9 Å². The van der Waals surface area contributed by atoms with Crippen LogP contribution >= 0.6 is 67.8 Å². The summed E-state index contributed by atoms with van der Waals surface area (Å²) in [5, 5.41) is 10.7. The fourth-order valence-electron chi connectivity index (χ4n) is 2.45. The molecule has 31 heavy (non-hydrogen) atoms. The maximum absolute atomic E-state index is 13.8. The summed E-state index contributed by atoms with van der Waals surface area (Å²) < 4.78 is 40.1. The molecule has 0 saturated heterocycles. The molecule has 0 aliphatic rings. The van der Waals surface area contributed by atoms with Crippen molar-refractivity contribution in [2.24, 2.45) is 5.92 Å². The minimum Gasteiger partial charge on any atom is -0.544 e. The van der Waals surface area contributed by atoms with Crippen molar-refractivity contribution in [2.45, 2.75) is 25.9 Å². The summed E-state index contributed by atoms with van der Waals surface area (Å²) in [4.78, 5) is 35.4. The van der Waals surface area contributed by atoms with Crippen LogP contribution in [0.1, 0.15) is 34.6 Å². The topological polar surface area (TPSA) is 92.7 Å². The van der Waals surface area contributed by atoms with Crippen LogP contribution in [-0.2, 0) is 9.53 Å². The van der Waals surface area contributed by atoms with Gasteiger partial charge in [0.05, 0.1) is 11.1 Å². The largest absolute Gasteiger partial charge is 0.544 e. The van der Waals surface area contributed by atoms with E-state index in [1.165, 1.54) is 38.1 Å². The molecular formula is C20H14F2I3O6-. The number of carbonyl (C=O) groups is 3. The van der Waals surface area contributed by atoms with Gasteiger partial charge in [-0.25, -0.2) is 9.59 Å². The van der Waals surface area contributed by atoms with E-state index in [0.29, 0.717) is 5.56 Å². The van der Waals surface area contributed by atoms with Gasteiger partial charge in [0, 0.05) is 10.7 Å². The molecule has 6 nitrogen and oxygen atoms in total. The normalized spacial score (nSPS) is 12.4. The molecule has 0 N–H and O–H groups in total.